The van der Waals surface area contributed by atoms with Crippen molar-refractivity contribution in [2.24, 2.45) is 0 Å². The van der Waals surface area contributed by atoms with Gasteiger partial charge in [0.05, 0.1) is 0 Å². The zero-order valence-electron chi connectivity index (χ0n) is 11.2. The maximum absolute atomic E-state index is 13.0. The van der Waals surface area contributed by atoms with Gasteiger partial charge in [-0.1, -0.05) is 6.92 Å². The fraction of sp³-hybridized carbons (Fsp3) is 0.385. The molecule has 114 valence electrons. The summed E-state index contributed by atoms with van der Waals surface area (Å²) in [5.74, 6) is -5.53. The third-order valence-corrected chi connectivity index (χ3v) is 4.10. The second-order valence-corrected chi connectivity index (χ2v) is 6.19. The van der Waals surface area contributed by atoms with Gasteiger partial charge in [-0.2, -0.15) is 11.8 Å². The summed E-state index contributed by atoms with van der Waals surface area (Å²) in [4.78, 5) is 25.1. The summed E-state index contributed by atoms with van der Waals surface area (Å²) < 4.78 is 38.9. The van der Waals surface area contributed by atoms with E-state index in [9.17, 15) is 22.8 Å². The van der Waals surface area contributed by atoms with Crippen molar-refractivity contribution in [1.29, 1.82) is 0 Å². The molecule has 0 saturated carbocycles. The van der Waals surface area contributed by atoms with Crippen LogP contribution in [0.25, 0.3) is 0 Å². The Morgan fingerprint density at radius 1 is 1.29 bits per heavy atom. The number of halogens is 3. The first-order valence-corrected chi connectivity index (χ1v) is 7.29. The molecule has 1 heterocycles. The van der Waals surface area contributed by atoms with E-state index in [0.717, 1.165) is 5.75 Å². The number of nitrogens with zero attached hydrogens (tertiary/aromatic N) is 1. The molecule has 1 aromatic carbocycles. The number of benzene rings is 1. The monoisotopic (exact) mass is 318 g/mol. The van der Waals surface area contributed by atoms with Gasteiger partial charge in [-0.15, -0.1) is 0 Å². The fourth-order valence-electron chi connectivity index (χ4n) is 1.96. The predicted molar refractivity (Wildman–Crippen MR) is 73.4 cm³/mol. The Morgan fingerprint density at radius 3 is 2.48 bits per heavy atom. The van der Waals surface area contributed by atoms with E-state index in [0.29, 0.717) is 25.2 Å². The lowest BCUT2D eigenvalue weighted by Gasteiger charge is -2.29. The third kappa shape index (κ3) is 3.69. The first-order chi connectivity index (χ1) is 9.88. The average Bonchev–Trinajstić information content (AvgIpc) is 2.43. The van der Waals surface area contributed by atoms with E-state index >= 15 is 0 Å². The first kappa shape index (κ1) is 15.7. The van der Waals surface area contributed by atoms with Crippen LogP contribution in [0, 0.1) is 17.5 Å². The van der Waals surface area contributed by atoms with Crippen molar-refractivity contribution in [3.8, 4) is 0 Å². The minimum absolute atomic E-state index is 0.219. The number of amides is 2. The molecule has 2 amide bonds. The van der Waals surface area contributed by atoms with Crippen LogP contribution in [0.15, 0.2) is 12.1 Å². The molecule has 1 saturated heterocycles. The minimum atomic E-state index is -1.62. The van der Waals surface area contributed by atoms with Crippen LogP contribution < -0.4 is 5.32 Å². The lowest BCUT2D eigenvalue weighted by atomic mass is 10.2. The molecule has 4 nitrogen and oxygen atoms in total. The van der Waals surface area contributed by atoms with E-state index in [2.05, 4.69) is 5.32 Å². The number of nitrogens with one attached hydrogen (secondary N) is 1. The van der Waals surface area contributed by atoms with Gasteiger partial charge in [0, 0.05) is 41.9 Å². The van der Waals surface area contributed by atoms with Crippen molar-refractivity contribution < 1.29 is 22.8 Å². The lowest BCUT2D eigenvalue weighted by molar-refractivity contribution is -0.143. The van der Waals surface area contributed by atoms with Crippen molar-refractivity contribution >= 4 is 29.3 Å². The molecule has 8 heteroatoms. The molecule has 21 heavy (non-hydrogen) atoms. The zero-order chi connectivity index (χ0) is 15.6. The van der Waals surface area contributed by atoms with Crippen LogP contribution >= 0.6 is 11.8 Å². The fourth-order valence-corrected chi connectivity index (χ4v) is 2.97. The number of carbonyl (C=O) groups is 2. The molecule has 1 aromatic rings. The van der Waals surface area contributed by atoms with Gasteiger partial charge in [0.2, 0.25) is 0 Å². The Balaban J connectivity index is 2.05. The first-order valence-electron chi connectivity index (χ1n) is 6.25. The quantitative estimate of drug-likeness (QED) is 0.636. The maximum atomic E-state index is 13.0. The van der Waals surface area contributed by atoms with Crippen LogP contribution in [0.1, 0.15) is 6.92 Å². The number of thioether (sulfide) groups is 1. The van der Waals surface area contributed by atoms with Gasteiger partial charge < -0.3 is 10.2 Å². The Morgan fingerprint density at radius 2 is 1.90 bits per heavy atom. The number of anilines is 1. The van der Waals surface area contributed by atoms with Crippen molar-refractivity contribution in [2.45, 2.75) is 12.2 Å². The molecule has 0 unspecified atom stereocenters. The molecule has 0 spiro atoms. The molecule has 2 rings (SSSR count). The molecule has 0 aromatic heterocycles. The summed E-state index contributed by atoms with van der Waals surface area (Å²) in [7, 11) is 0. The summed E-state index contributed by atoms with van der Waals surface area (Å²) >= 11 is 1.69. The normalized spacial score (nSPS) is 18.5. The Bertz CT molecular complexity index is 560. The van der Waals surface area contributed by atoms with E-state index in [1.165, 1.54) is 4.90 Å². The maximum Gasteiger partial charge on any atom is 0.313 e. The van der Waals surface area contributed by atoms with Crippen molar-refractivity contribution in [3.05, 3.63) is 29.6 Å². The van der Waals surface area contributed by atoms with E-state index in [4.69, 9.17) is 0 Å². The Hall–Kier alpha value is -1.70. The Kier molecular flexibility index (Phi) is 4.76. The van der Waals surface area contributed by atoms with Crippen molar-refractivity contribution in [1.82, 2.24) is 4.90 Å². The summed E-state index contributed by atoms with van der Waals surface area (Å²) in [5, 5.41) is 2.30. The molecule has 1 aliphatic rings. The number of carbonyl (C=O) groups excluding carboxylic acids is 2. The Labute approximate surface area is 123 Å². The van der Waals surface area contributed by atoms with E-state index in [-0.39, 0.29) is 10.9 Å². The second kappa shape index (κ2) is 6.38. The van der Waals surface area contributed by atoms with Crippen molar-refractivity contribution in [2.75, 3.05) is 24.2 Å². The average molecular weight is 318 g/mol. The number of hydrogen-bond acceptors (Lipinski definition) is 3. The van der Waals surface area contributed by atoms with Crippen LogP contribution in [0.2, 0.25) is 0 Å². The van der Waals surface area contributed by atoms with Gasteiger partial charge in [-0.25, -0.2) is 13.2 Å². The highest BCUT2D eigenvalue weighted by Gasteiger charge is 2.26. The van der Waals surface area contributed by atoms with Crippen LogP contribution in [-0.4, -0.2) is 40.8 Å². The highest BCUT2D eigenvalue weighted by atomic mass is 32.2. The van der Waals surface area contributed by atoms with Gasteiger partial charge in [-0.3, -0.25) is 9.59 Å². The summed E-state index contributed by atoms with van der Waals surface area (Å²) in [5.41, 5.74) is -0.302. The van der Waals surface area contributed by atoms with Crippen LogP contribution in [0.4, 0.5) is 18.9 Å². The molecular weight excluding hydrogens is 305 g/mol. The topological polar surface area (TPSA) is 49.4 Å². The van der Waals surface area contributed by atoms with Crippen LogP contribution in [-0.2, 0) is 9.59 Å². The highest BCUT2D eigenvalue weighted by Crippen LogP contribution is 2.19. The smallest absolute Gasteiger partial charge is 0.313 e. The molecule has 0 radical (unpaired) electrons. The lowest BCUT2D eigenvalue weighted by Crippen LogP contribution is -2.46. The zero-order valence-corrected chi connectivity index (χ0v) is 12.0. The minimum Gasteiger partial charge on any atom is -0.333 e. The summed E-state index contributed by atoms with van der Waals surface area (Å²) in [6, 6.07) is 1.25. The van der Waals surface area contributed by atoms with E-state index in [1.807, 2.05) is 6.92 Å². The predicted octanol–water partition coefficient (Wildman–Crippen LogP) is 2.01. The van der Waals surface area contributed by atoms with Crippen LogP contribution in [0.5, 0.6) is 0 Å². The second-order valence-electron chi connectivity index (χ2n) is 4.64. The van der Waals surface area contributed by atoms with Gasteiger partial charge in [0.25, 0.3) is 0 Å². The van der Waals surface area contributed by atoms with Crippen LogP contribution in [0.3, 0.4) is 0 Å². The highest BCUT2D eigenvalue weighted by molar-refractivity contribution is 7.99. The summed E-state index contributed by atoms with van der Waals surface area (Å²) in [6.45, 7) is 2.81. The van der Waals surface area contributed by atoms with Gasteiger partial charge in [0.1, 0.15) is 0 Å². The van der Waals surface area contributed by atoms with E-state index < -0.39 is 29.3 Å². The molecule has 0 bridgehead atoms. The molecule has 0 aliphatic carbocycles. The van der Waals surface area contributed by atoms with E-state index in [1.54, 1.807) is 11.8 Å². The third-order valence-electron chi connectivity index (χ3n) is 2.96. The van der Waals surface area contributed by atoms with Crippen molar-refractivity contribution in [3.63, 3.8) is 0 Å². The van der Waals surface area contributed by atoms with Gasteiger partial charge >= 0.3 is 11.8 Å². The summed E-state index contributed by atoms with van der Waals surface area (Å²) in [6.07, 6.45) is 0. The van der Waals surface area contributed by atoms with Gasteiger partial charge in [-0.05, 0) is 0 Å². The SMILES string of the molecule is C[C@@H]1CN(C(=O)C(=O)Nc2cc(F)c(F)c(F)c2)CCS1. The molecule has 1 atom stereocenters. The number of hydrogen-bond donors (Lipinski definition) is 1. The molecule has 1 N–H and O–H groups in total. The van der Waals surface area contributed by atoms with Gasteiger partial charge in [0.15, 0.2) is 17.5 Å². The molecule has 1 aliphatic heterocycles. The molecular formula is C13H13F3N2O2S. The standard InChI is InChI=1S/C13H13F3N2O2S/c1-7-6-18(2-3-21-7)13(20)12(19)17-8-4-9(14)11(16)10(15)5-8/h4-5,7H,2-3,6H2,1H3,(H,17,19)/t7-/m1/s1. The number of rotatable bonds is 1. The molecule has 1 fully saturated rings. The largest absolute Gasteiger partial charge is 0.333 e.